The molecule has 1 atom stereocenters. The van der Waals surface area contributed by atoms with E-state index in [-0.39, 0.29) is 18.6 Å². The van der Waals surface area contributed by atoms with Gasteiger partial charge in [0.05, 0.1) is 12.6 Å². The summed E-state index contributed by atoms with van der Waals surface area (Å²) in [6, 6.07) is 3.40. The topological polar surface area (TPSA) is 77.8 Å². The summed E-state index contributed by atoms with van der Waals surface area (Å²) < 4.78 is 0. The first kappa shape index (κ1) is 14.0. The van der Waals surface area contributed by atoms with Crippen molar-refractivity contribution in [3.8, 4) is 0 Å². The second-order valence-corrected chi connectivity index (χ2v) is 5.81. The maximum Gasteiger partial charge on any atom is 0.345 e. The summed E-state index contributed by atoms with van der Waals surface area (Å²) in [6.07, 6.45) is 2.81. The highest BCUT2D eigenvalue weighted by molar-refractivity contribution is 7.13. The molecule has 5 nitrogen and oxygen atoms in total. The van der Waals surface area contributed by atoms with Crippen molar-refractivity contribution in [3.05, 3.63) is 21.9 Å². The monoisotopic (exact) mass is 283 g/mol. The Morgan fingerprint density at radius 1 is 1.47 bits per heavy atom. The molecule has 0 radical (unpaired) electrons. The van der Waals surface area contributed by atoms with Crippen molar-refractivity contribution in [3.63, 3.8) is 0 Å². The first-order chi connectivity index (χ1) is 9.11. The summed E-state index contributed by atoms with van der Waals surface area (Å²) in [5.74, 6) is -0.789. The maximum absolute atomic E-state index is 11.6. The standard InChI is InChI=1S/C13H17NO4S/c15-8-9-3-6-12(16)14(9)7-1-2-10-4-5-11(19-10)13(17)18/h4-5,9,15H,1-3,6-8H2,(H,17,18). The predicted molar refractivity (Wildman–Crippen MR) is 71.4 cm³/mol. The Labute approximate surface area is 115 Å². The van der Waals surface area contributed by atoms with Gasteiger partial charge in [-0.2, -0.15) is 0 Å². The highest BCUT2D eigenvalue weighted by atomic mass is 32.1. The molecule has 0 aliphatic carbocycles. The number of amides is 1. The first-order valence-electron chi connectivity index (χ1n) is 6.34. The zero-order valence-corrected chi connectivity index (χ0v) is 11.4. The fraction of sp³-hybridized carbons (Fsp3) is 0.538. The van der Waals surface area contributed by atoms with E-state index in [1.165, 1.54) is 11.3 Å². The predicted octanol–water partition coefficient (Wildman–Crippen LogP) is 1.36. The van der Waals surface area contributed by atoms with Crippen LogP contribution in [0, 0.1) is 0 Å². The Hall–Kier alpha value is -1.40. The van der Waals surface area contributed by atoms with Crippen molar-refractivity contribution in [1.29, 1.82) is 0 Å². The number of thiophene rings is 1. The Bertz CT molecular complexity index is 471. The average molecular weight is 283 g/mol. The Morgan fingerprint density at radius 2 is 2.26 bits per heavy atom. The van der Waals surface area contributed by atoms with E-state index in [2.05, 4.69) is 0 Å². The summed E-state index contributed by atoms with van der Waals surface area (Å²) in [6.45, 7) is 0.651. The number of aliphatic hydroxyl groups excluding tert-OH is 1. The van der Waals surface area contributed by atoms with Gasteiger partial charge in [0.1, 0.15) is 4.88 Å². The minimum atomic E-state index is -0.897. The second kappa shape index (κ2) is 6.16. The lowest BCUT2D eigenvalue weighted by atomic mass is 10.2. The molecule has 1 aliphatic rings. The van der Waals surface area contributed by atoms with Gasteiger partial charge in [-0.1, -0.05) is 0 Å². The second-order valence-electron chi connectivity index (χ2n) is 4.64. The molecule has 6 heteroatoms. The number of aryl methyl sites for hydroxylation is 1. The molecule has 104 valence electrons. The molecule has 1 amide bonds. The van der Waals surface area contributed by atoms with Crippen molar-refractivity contribution in [2.45, 2.75) is 31.7 Å². The minimum absolute atomic E-state index is 0.0217. The van der Waals surface area contributed by atoms with Gasteiger partial charge >= 0.3 is 5.97 Å². The van der Waals surface area contributed by atoms with E-state index in [4.69, 9.17) is 5.11 Å². The summed E-state index contributed by atoms with van der Waals surface area (Å²) in [7, 11) is 0. The number of likely N-dealkylation sites (tertiary alicyclic amines) is 1. The molecular formula is C13H17NO4S. The molecule has 1 aromatic rings. The van der Waals surface area contributed by atoms with Crippen molar-refractivity contribution in [2.24, 2.45) is 0 Å². The minimum Gasteiger partial charge on any atom is -0.477 e. The Balaban J connectivity index is 1.82. The van der Waals surface area contributed by atoms with Crippen LogP contribution in [-0.2, 0) is 11.2 Å². The van der Waals surface area contributed by atoms with Gasteiger partial charge in [0.2, 0.25) is 5.91 Å². The smallest absolute Gasteiger partial charge is 0.345 e. The van der Waals surface area contributed by atoms with Gasteiger partial charge in [0.25, 0.3) is 0 Å². The molecule has 0 bridgehead atoms. The lowest BCUT2D eigenvalue weighted by molar-refractivity contribution is -0.129. The average Bonchev–Trinajstić information content (AvgIpc) is 2.98. The molecule has 1 aromatic heterocycles. The van der Waals surface area contributed by atoms with Gasteiger partial charge in [0.15, 0.2) is 0 Å². The molecule has 1 aliphatic heterocycles. The van der Waals surface area contributed by atoms with Crippen LogP contribution in [0.15, 0.2) is 12.1 Å². The number of carboxylic acids is 1. The van der Waals surface area contributed by atoms with Crippen LogP contribution in [0.5, 0.6) is 0 Å². The van der Waals surface area contributed by atoms with E-state index in [9.17, 15) is 14.7 Å². The molecule has 0 aromatic carbocycles. The van der Waals surface area contributed by atoms with E-state index < -0.39 is 5.97 Å². The molecule has 1 saturated heterocycles. The molecule has 1 fully saturated rings. The van der Waals surface area contributed by atoms with E-state index in [0.717, 1.165) is 24.1 Å². The first-order valence-corrected chi connectivity index (χ1v) is 7.16. The van der Waals surface area contributed by atoms with Crippen LogP contribution in [0.3, 0.4) is 0 Å². The quantitative estimate of drug-likeness (QED) is 0.826. The number of aromatic carboxylic acids is 1. The van der Waals surface area contributed by atoms with Gasteiger partial charge < -0.3 is 15.1 Å². The van der Waals surface area contributed by atoms with Gasteiger partial charge in [-0.3, -0.25) is 4.79 Å². The Morgan fingerprint density at radius 3 is 2.89 bits per heavy atom. The van der Waals surface area contributed by atoms with E-state index >= 15 is 0 Å². The molecule has 0 saturated carbocycles. The number of aliphatic hydroxyl groups is 1. The largest absolute Gasteiger partial charge is 0.477 e. The van der Waals surface area contributed by atoms with Gasteiger partial charge in [-0.15, -0.1) is 11.3 Å². The number of carbonyl (C=O) groups excluding carboxylic acids is 1. The van der Waals surface area contributed by atoms with Crippen LogP contribution in [0.25, 0.3) is 0 Å². The van der Waals surface area contributed by atoms with E-state index in [0.29, 0.717) is 17.8 Å². The van der Waals surface area contributed by atoms with Gasteiger partial charge in [0, 0.05) is 17.8 Å². The zero-order chi connectivity index (χ0) is 13.8. The third-order valence-corrected chi connectivity index (χ3v) is 4.49. The van der Waals surface area contributed by atoms with Gasteiger partial charge in [-0.25, -0.2) is 4.79 Å². The molecule has 0 spiro atoms. The highest BCUT2D eigenvalue weighted by Gasteiger charge is 2.29. The third kappa shape index (κ3) is 3.33. The fourth-order valence-corrected chi connectivity index (χ4v) is 3.23. The molecule has 2 N–H and O–H groups in total. The van der Waals surface area contributed by atoms with Crippen molar-refractivity contribution < 1.29 is 19.8 Å². The molecular weight excluding hydrogens is 266 g/mol. The number of carbonyl (C=O) groups is 2. The number of hydrogen-bond acceptors (Lipinski definition) is 4. The third-order valence-electron chi connectivity index (χ3n) is 3.36. The summed E-state index contributed by atoms with van der Waals surface area (Å²) in [5, 5.41) is 18.0. The van der Waals surface area contributed by atoms with Crippen molar-refractivity contribution in [2.75, 3.05) is 13.2 Å². The lowest BCUT2D eigenvalue weighted by Crippen LogP contribution is -2.36. The van der Waals surface area contributed by atoms with Crippen LogP contribution in [0.4, 0.5) is 0 Å². The fourth-order valence-electron chi connectivity index (χ4n) is 2.34. The number of nitrogens with zero attached hydrogens (tertiary/aromatic N) is 1. The lowest BCUT2D eigenvalue weighted by Gasteiger charge is -2.22. The van der Waals surface area contributed by atoms with Crippen LogP contribution in [0.1, 0.15) is 33.8 Å². The molecule has 2 heterocycles. The highest BCUT2D eigenvalue weighted by Crippen LogP contribution is 2.21. The number of carboxylic acid groups (broad SMARTS) is 1. The summed E-state index contributed by atoms with van der Waals surface area (Å²) in [5.41, 5.74) is 0. The van der Waals surface area contributed by atoms with Crippen LogP contribution in [-0.4, -0.2) is 46.2 Å². The van der Waals surface area contributed by atoms with Crippen LogP contribution in [0.2, 0.25) is 0 Å². The normalized spacial score (nSPS) is 19.1. The number of rotatable bonds is 6. The van der Waals surface area contributed by atoms with Crippen LogP contribution < -0.4 is 0 Å². The van der Waals surface area contributed by atoms with Crippen molar-refractivity contribution in [1.82, 2.24) is 4.90 Å². The zero-order valence-electron chi connectivity index (χ0n) is 10.5. The summed E-state index contributed by atoms with van der Waals surface area (Å²) >= 11 is 1.28. The molecule has 1 unspecified atom stereocenters. The van der Waals surface area contributed by atoms with E-state index in [1.807, 2.05) is 6.07 Å². The summed E-state index contributed by atoms with van der Waals surface area (Å²) in [4.78, 5) is 25.5. The van der Waals surface area contributed by atoms with Crippen LogP contribution >= 0.6 is 11.3 Å². The van der Waals surface area contributed by atoms with E-state index in [1.54, 1.807) is 11.0 Å². The van der Waals surface area contributed by atoms with Crippen molar-refractivity contribution >= 4 is 23.2 Å². The maximum atomic E-state index is 11.6. The molecule has 19 heavy (non-hydrogen) atoms. The van der Waals surface area contributed by atoms with Gasteiger partial charge in [-0.05, 0) is 31.4 Å². The Kier molecular flexibility index (Phi) is 4.55. The number of hydrogen-bond donors (Lipinski definition) is 2. The SMILES string of the molecule is O=C(O)c1ccc(CCCN2C(=O)CCC2CO)s1. The molecule has 2 rings (SSSR count).